The Morgan fingerprint density at radius 2 is 2.06 bits per heavy atom. The molecular formula is C15H12N2O. The number of carbonyl (C=O) groups excluding carboxylic acids is 1. The average molecular weight is 236 g/mol. The molecule has 0 saturated heterocycles. The summed E-state index contributed by atoms with van der Waals surface area (Å²) in [5.74, 6) is 0.101. The molecule has 3 nitrogen and oxygen atoms in total. The number of rotatable bonds is 4. The number of nitriles is 1. The van der Waals surface area contributed by atoms with Crippen molar-refractivity contribution < 1.29 is 4.79 Å². The van der Waals surface area contributed by atoms with E-state index in [1.807, 2.05) is 24.3 Å². The summed E-state index contributed by atoms with van der Waals surface area (Å²) in [5, 5.41) is 8.79. The zero-order valence-corrected chi connectivity index (χ0v) is 9.84. The van der Waals surface area contributed by atoms with Crippen LogP contribution in [0.1, 0.15) is 16.8 Å². The van der Waals surface area contributed by atoms with Gasteiger partial charge in [-0.1, -0.05) is 18.2 Å². The highest BCUT2D eigenvalue weighted by atomic mass is 16.1. The van der Waals surface area contributed by atoms with E-state index in [9.17, 15) is 4.79 Å². The average Bonchev–Trinajstić information content (AvgIpc) is 2.40. The number of benzene rings is 1. The molecule has 3 heteroatoms. The highest BCUT2D eigenvalue weighted by Gasteiger charge is 2.06. The van der Waals surface area contributed by atoms with Gasteiger partial charge in [-0.15, -0.1) is 0 Å². The van der Waals surface area contributed by atoms with Gasteiger partial charge in [0.1, 0.15) is 5.78 Å². The van der Waals surface area contributed by atoms with Crippen molar-refractivity contribution in [1.82, 2.24) is 4.98 Å². The Balaban J connectivity index is 2.01. The zero-order valence-electron chi connectivity index (χ0n) is 9.84. The van der Waals surface area contributed by atoms with Crippen LogP contribution >= 0.6 is 0 Å². The second-order valence-corrected chi connectivity index (χ2v) is 4.03. The lowest BCUT2D eigenvalue weighted by Crippen LogP contribution is -2.07. The number of Topliss-reactive ketones (excluding diaryl/α,β-unsaturated/α-hetero) is 1. The van der Waals surface area contributed by atoms with Crippen LogP contribution in [0.4, 0.5) is 0 Å². The molecule has 2 rings (SSSR count). The minimum absolute atomic E-state index is 0.101. The van der Waals surface area contributed by atoms with Crippen LogP contribution < -0.4 is 0 Å². The molecule has 0 bridgehead atoms. The summed E-state index contributed by atoms with van der Waals surface area (Å²) in [4.78, 5) is 16.0. The first kappa shape index (κ1) is 12.0. The van der Waals surface area contributed by atoms with Gasteiger partial charge in [-0.3, -0.25) is 9.78 Å². The minimum atomic E-state index is 0.101. The van der Waals surface area contributed by atoms with E-state index in [0.717, 1.165) is 11.3 Å². The number of nitrogens with zero attached hydrogens (tertiary/aromatic N) is 2. The maximum atomic E-state index is 11.9. The Hall–Kier alpha value is -2.47. The molecule has 0 N–H and O–H groups in total. The minimum Gasteiger partial charge on any atom is -0.299 e. The normalized spacial score (nSPS) is 9.72. The first-order valence-electron chi connectivity index (χ1n) is 5.68. The van der Waals surface area contributed by atoms with Gasteiger partial charge in [0, 0.05) is 24.7 Å². The highest BCUT2D eigenvalue weighted by molar-refractivity contribution is 5.82. The number of hydrogen-bond donors (Lipinski definition) is 0. The topological polar surface area (TPSA) is 53.8 Å². The number of hydrogen-bond acceptors (Lipinski definition) is 3. The number of carbonyl (C=O) groups is 1. The summed E-state index contributed by atoms with van der Waals surface area (Å²) < 4.78 is 0. The van der Waals surface area contributed by atoms with Crippen molar-refractivity contribution >= 4 is 5.78 Å². The standard InChI is InChI=1S/C15H12N2O/c16-11-13-5-3-4-12(8-13)9-15(18)10-14-6-1-2-7-17-14/h1-8H,9-10H2. The molecule has 0 spiro atoms. The van der Waals surface area contributed by atoms with Gasteiger partial charge in [-0.2, -0.15) is 5.26 Å². The van der Waals surface area contributed by atoms with Gasteiger partial charge >= 0.3 is 0 Å². The molecule has 0 unspecified atom stereocenters. The molecule has 0 amide bonds. The number of ketones is 1. The van der Waals surface area contributed by atoms with Crippen molar-refractivity contribution in [1.29, 1.82) is 5.26 Å². The van der Waals surface area contributed by atoms with Gasteiger partial charge in [0.2, 0.25) is 0 Å². The smallest absolute Gasteiger partial charge is 0.143 e. The largest absolute Gasteiger partial charge is 0.299 e. The predicted octanol–water partition coefficient (Wildman–Crippen LogP) is 2.31. The van der Waals surface area contributed by atoms with Gasteiger partial charge in [-0.25, -0.2) is 0 Å². The Morgan fingerprint density at radius 1 is 1.17 bits per heavy atom. The van der Waals surface area contributed by atoms with E-state index in [2.05, 4.69) is 11.1 Å². The Kier molecular flexibility index (Phi) is 3.83. The van der Waals surface area contributed by atoms with Crippen molar-refractivity contribution in [3.8, 4) is 6.07 Å². The van der Waals surface area contributed by atoms with Crippen LogP contribution in [0, 0.1) is 11.3 Å². The summed E-state index contributed by atoms with van der Waals surface area (Å²) in [6.45, 7) is 0. The molecule has 1 aromatic heterocycles. The first-order chi connectivity index (χ1) is 8.78. The quantitative estimate of drug-likeness (QED) is 0.818. The lowest BCUT2D eigenvalue weighted by Gasteiger charge is -2.01. The first-order valence-corrected chi connectivity index (χ1v) is 5.68. The van der Waals surface area contributed by atoms with E-state index in [1.54, 1.807) is 24.4 Å². The Morgan fingerprint density at radius 3 is 2.78 bits per heavy atom. The van der Waals surface area contributed by atoms with Crippen molar-refractivity contribution in [2.75, 3.05) is 0 Å². The summed E-state index contributed by atoms with van der Waals surface area (Å²) in [5.41, 5.74) is 2.23. The van der Waals surface area contributed by atoms with Gasteiger partial charge in [0.25, 0.3) is 0 Å². The molecule has 0 radical (unpaired) electrons. The number of aromatic nitrogens is 1. The van der Waals surface area contributed by atoms with E-state index >= 15 is 0 Å². The third-order valence-electron chi connectivity index (χ3n) is 2.56. The maximum absolute atomic E-state index is 11.9. The second kappa shape index (κ2) is 5.74. The van der Waals surface area contributed by atoms with Crippen LogP contribution in [0.2, 0.25) is 0 Å². The monoisotopic (exact) mass is 236 g/mol. The van der Waals surface area contributed by atoms with Crippen molar-refractivity contribution in [3.05, 3.63) is 65.5 Å². The van der Waals surface area contributed by atoms with Crippen LogP contribution in [0.15, 0.2) is 48.7 Å². The van der Waals surface area contributed by atoms with E-state index in [-0.39, 0.29) is 5.78 Å². The maximum Gasteiger partial charge on any atom is 0.143 e. The molecular weight excluding hydrogens is 224 g/mol. The summed E-state index contributed by atoms with van der Waals surface area (Å²) in [7, 11) is 0. The van der Waals surface area contributed by atoms with E-state index in [1.165, 1.54) is 0 Å². The van der Waals surface area contributed by atoms with Gasteiger partial charge in [-0.05, 0) is 29.8 Å². The van der Waals surface area contributed by atoms with Crippen LogP contribution in [-0.2, 0) is 17.6 Å². The Labute approximate surface area is 106 Å². The van der Waals surface area contributed by atoms with Crippen molar-refractivity contribution in [2.24, 2.45) is 0 Å². The van der Waals surface area contributed by atoms with E-state index < -0.39 is 0 Å². The molecule has 1 aromatic carbocycles. The molecule has 0 aliphatic carbocycles. The Bertz CT molecular complexity index is 585. The fraction of sp³-hybridized carbons (Fsp3) is 0.133. The van der Waals surface area contributed by atoms with Crippen LogP contribution in [0.25, 0.3) is 0 Å². The third-order valence-corrected chi connectivity index (χ3v) is 2.56. The molecule has 88 valence electrons. The lowest BCUT2D eigenvalue weighted by molar-refractivity contribution is -0.117. The van der Waals surface area contributed by atoms with E-state index in [4.69, 9.17) is 5.26 Å². The third kappa shape index (κ3) is 3.26. The van der Waals surface area contributed by atoms with Gasteiger partial charge in [0.05, 0.1) is 11.6 Å². The molecule has 18 heavy (non-hydrogen) atoms. The van der Waals surface area contributed by atoms with Crippen LogP contribution in [0.5, 0.6) is 0 Å². The SMILES string of the molecule is N#Cc1cccc(CC(=O)Cc2ccccn2)c1. The molecule has 0 aliphatic rings. The number of pyridine rings is 1. The predicted molar refractivity (Wildman–Crippen MR) is 67.8 cm³/mol. The summed E-state index contributed by atoms with van der Waals surface area (Å²) >= 11 is 0. The van der Waals surface area contributed by atoms with Crippen molar-refractivity contribution in [3.63, 3.8) is 0 Å². The molecule has 0 saturated carbocycles. The van der Waals surface area contributed by atoms with Gasteiger partial charge < -0.3 is 0 Å². The fourth-order valence-corrected chi connectivity index (χ4v) is 1.75. The molecule has 0 atom stereocenters. The summed E-state index contributed by atoms with van der Waals surface area (Å²) in [6.07, 6.45) is 2.35. The lowest BCUT2D eigenvalue weighted by atomic mass is 10.0. The summed E-state index contributed by atoms with van der Waals surface area (Å²) in [6, 6.07) is 14.7. The van der Waals surface area contributed by atoms with Crippen LogP contribution in [-0.4, -0.2) is 10.8 Å². The van der Waals surface area contributed by atoms with Crippen LogP contribution in [0.3, 0.4) is 0 Å². The van der Waals surface area contributed by atoms with Crippen molar-refractivity contribution in [2.45, 2.75) is 12.8 Å². The zero-order chi connectivity index (χ0) is 12.8. The molecule has 1 heterocycles. The van der Waals surface area contributed by atoms with E-state index in [0.29, 0.717) is 18.4 Å². The highest BCUT2D eigenvalue weighted by Crippen LogP contribution is 2.07. The molecule has 0 fully saturated rings. The molecule has 2 aromatic rings. The fourth-order valence-electron chi connectivity index (χ4n) is 1.75. The van der Waals surface area contributed by atoms with Gasteiger partial charge in [0.15, 0.2) is 0 Å². The second-order valence-electron chi connectivity index (χ2n) is 4.03. The molecule has 0 aliphatic heterocycles.